The number of benzene rings is 2. The summed E-state index contributed by atoms with van der Waals surface area (Å²) >= 11 is 0. The number of amides is 1. The number of fused-ring (bicyclic) bond motifs is 2. The number of carbonyl (C=O) groups excluding carboxylic acids is 1. The summed E-state index contributed by atoms with van der Waals surface area (Å²) in [5, 5.41) is 0.993. The number of aryl methyl sites for hydroxylation is 1. The number of halogens is 1. The van der Waals surface area contributed by atoms with Crippen LogP contribution in [0.25, 0.3) is 39.1 Å². The van der Waals surface area contributed by atoms with E-state index in [2.05, 4.69) is 9.97 Å². The van der Waals surface area contributed by atoms with Gasteiger partial charge in [-0.05, 0) is 68.8 Å². The van der Waals surface area contributed by atoms with Crippen molar-refractivity contribution in [1.29, 1.82) is 0 Å². The van der Waals surface area contributed by atoms with Gasteiger partial charge in [-0.1, -0.05) is 6.07 Å². The molecule has 38 heavy (non-hydrogen) atoms. The Morgan fingerprint density at radius 3 is 2.47 bits per heavy atom. The van der Waals surface area contributed by atoms with Gasteiger partial charge in [0.05, 0.1) is 29.1 Å². The number of anilines is 1. The molecule has 1 amide bonds. The molecular formula is C29H27FN6O2. The maximum absolute atomic E-state index is 13.8. The van der Waals surface area contributed by atoms with Crippen molar-refractivity contribution in [3.05, 3.63) is 78.0 Å². The Morgan fingerprint density at radius 1 is 1.03 bits per heavy atom. The number of nitrogens with zero attached hydrogens (tertiary/aromatic N) is 5. The lowest BCUT2D eigenvalue weighted by atomic mass is 10.0. The number of nitrogens with two attached hydrogens (primary N) is 1. The zero-order valence-electron chi connectivity index (χ0n) is 21.4. The van der Waals surface area contributed by atoms with Crippen molar-refractivity contribution in [2.75, 3.05) is 18.8 Å². The molecule has 2 atom stereocenters. The fourth-order valence-electron chi connectivity index (χ4n) is 5.19. The lowest BCUT2D eigenvalue weighted by Crippen LogP contribution is -2.48. The quantitative estimate of drug-likeness (QED) is 0.371. The highest BCUT2D eigenvalue weighted by molar-refractivity contribution is 5.95. The number of ether oxygens (including phenoxy) is 1. The number of aromatic nitrogens is 4. The average molecular weight is 511 g/mol. The van der Waals surface area contributed by atoms with Gasteiger partial charge in [0.1, 0.15) is 11.5 Å². The largest absolute Gasteiger partial charge is 0.381 e. The lowest BCUT2D eigenvalue weighted by molar-refractivity contribution is -0.0587. The third-order valence-corrected chi connectivity index (χ3v) is 6.91. The van der Waals surface area contributed by atoms with Gasteiger partial charge in [-0.15, -0.1) is 0 Å². The summed E-state index contributed by atoms with van der Waals surface area (Å²) in [5.41, 5.74) is 11.8. The summed E-state index contributed by atoms with van der Waals surface area (Å²) in [6.07, 6.45) is 3.36. The third kappa shape index (κ3) is 4.14. The highest BCUT2D eigenvalue weighted by atomic mass is 19.1. The molecule has 0 spiro atoms. The number of nitrogen functional groups attached to an aromatic ring is 1. The van der Waals surface area contributed by atoms with Gasteiger partial charge in [-0.25, -0.2) is 14.4 Å². The van der Waals surface area contributed by atoms with E-state index >= 15 is 0 Å². The topological polar surface area (TPSA) is 98.6 Å². The van der Waals surface area contributed by atoms with E-state index < -0.39 is 0 Å². The van der Waals surface area contributed by atoms with Gasteiger partial charge >= 0.3 is 0 Å². The van der Waals surface area contributed by atoms with Crippen LogP contribution in [0.4, 0.5) is 10.2 Å². The van der Waals surface area contributed by atoms with E-state index in [1.165, 1.54) is 12.1 Å². The number of hydrogen-bond donors (Lipinski definition) is 1. The number of morpholine rings is 1. The third-order valence-electron chi connectivity index (χ3n) is 6.91. The summed E-state index contributed by atoms with van der Waals surface area (Å²) in [6.45, 7) is 6.89. The molecule has 2 unspecified atom stereocenters. The predicted octanol–water partition coefficient (Wildman–Crippen LogP) is 4.89. The summed E-state index contributed by atoms with van der Waals surface area (Å²) in [6, 6.07) is 14.0. The Balaban J connectivity index is 1.58. The van der Waals surface area contributed by atoms with E-state index in [1.807, 2.05) is 49.4 Å². The van der Waals surface area contributed by atoms with Gasteiger partial charge in [-0.3, -0.25) is 14.2 Å². The van der Waals surface area contributed by atoms with E-state index in [4.69, 9.17) is 15.5 Å². The Labute approximate surface area is 218 Å². The summed E-state index contributed by atoms with van der Waals surface area (Å²) < 4.78 is 21.4. The summed E-state index contributed by atoms with van der Waals surface area (Å²) in [5.74, 6) is -0.362. The van der Waals surface area contributed by atoms with Crippen LogP contribution < -0.4 is 5.73 Å². The molecule has 1 aliphatic heterocycles. The molecule has 8 nitrogen and oxygen atoms in total. The van der Waals surface area contributed by atoms with Gasteiger partial charge in [0, 0.05) is 42.0 Å². The molecule has 0 aliphatic carbocycles. The van der Waals surface area contributed by atoms with Crippen LogP contribution in [0.15, 0.2) is 60.9 Å². The van der Waals surface area contributed by atoms with Crippen LogP contribution in [-0.2, 0) is 4.74 Å². The molecule has 9 heteroatoms. The Kier molecular flexibility index (Phi) is 5.80. The number of rotatable bonds is 3. The maximum Gasteiger partial charge on any atom is 0.274 e. The van der Waals surface area contributed by atoms with Crippen molar-refractivity contribution in [2.24, 2.45) is 0 Å². The highest BCUT2D eigenvalue weighted by Gasteiger charge is 2.29. The second kappa shape index (κ2) is 9.18. The normalized spacial score (nSPS) is 17.8. The van der Waals surface area contributed by atoms with E-state index in [-0.39, 0.29) is 35.4 Å². The minimum Gasteiger partial charge on any atom is -0.381 e. The first-order valence-electron chi connectivity index (χ1n) is 12.5. The fraction of sp³-hybridized carbons (Fsp3) is 0.241. The summed E-state index contributed by atoms with van der Waals surface area (Å²) in [4.78, 5) is 29.1. The van der Waals surface area contributed by atoms with Crippen molar-refractivity contribution < 1.29 is 13.9 Å². The van der Waals surface area contributed by atoms with Gasteiger partial charge in [0.25, 0.3) is 5.91 Å². The van der Waals surface area contributed by atoms with Crippen molar-refractivity contribution in [3.63, 3.8) is 0 Å². The number of hydrogen-bond acceptors (Lipinski definition) is 6. The van der Waals surface area contributed by atoms with E-state index in [0.717, 1.165) is 22.0 Å². The fourth-order valence-corrected chi connectivity index (χ4v) is 5.19. The van der Waals surface area contributed by atoms with E-state index in [0.29, 0.717) is 35.7 Å². The van der Waals surface area contributed by atoms with Crippen molar-refractivity contribution in [1.82, 2.24) is 24.3 Å². The van der Waals surface area contributed by atoms with Crippen LogP contribution in [0.5, 0.6) is 0 Å². The van der Waals surface area contributed by atoms with Crippen molar-refractivity contribution in [2.45, 2.75) is 33.0 Å². The lowest BCUT2D eigenvalue weighted by Gasteiger charge is -2.34. The van der Waals surface area contributed by atoms with Crippen LogP contribution in [0.3, 0.4) is 0 Å². The molecular weight excluding hydrogens is 483 g/mol. The number of imidazole rings is 1. The van der Waals surface area contributed by atoms with Crippen molar-refractivity contribution in [3.8, 4) is 22.5 Å². The molecule has 1 saturated heterocycles. The molecule has 1 fully saturated rings. The SMILES string of the molecule is Cc1ccnc2ccc(-c3c(-c4ccc(F)cc4)nc(N)c4nc(C(=O)N5CC(C)OC(C)C5)cn34)cc12. The molecule has 5 aromatic rings. The standard InChI is InChI=1S/C29H27FN6O2/c1-16-10-11-32-23-9-6-20(12-22(16)23)26-25(19-4-7-21(30)8-5-19)34-27(31)28-33-24(15-36(26)28)29(37)35-13-17(2)38-18(3)14-35/h4-12,15,17-18H,13-14H2,1-3H3,(H2,31,34). The first kappa shape index (κ1) is 24.0. The van der Waals surface area contributed by atoms with E-state index in [9.17, 15) is 9.18 Å². The maximum atomic E-state index is 13.8. The highest BCUT2D eigenvalue weighted by Crippen LogP contribution is 2.35. The van der Waals surface area contributed by atoms with Crippen molar-refractivity contribution >= 4 is 28.3 Å². The first-order valence-corrected chi connectivity index (χ1v) is 12.5. The zero-order valence-corrected chi connectivity index (χ0v) is 21.4. The molecule has 3 aromatic heterocycles. The second-order valence-electron chi connectivity index (χ2n) is 9.85. The Morgan fingerprint density at radius 2 is 1.74 bits per heavy atom. The molecule has 0 radical (unpaired) electrons. The molecule has 4 heterocycles. The minimum absolute atomic E-state index is 0.0680. The number of carbonyl (C=O) groups is 1. The minimum atomic E-state index is -0.346. The van der Waals surface area contributed by atoms with Crippen LogP contribution in [0, 0.1) is 12.7 Å². The van der Waals surface area contributed by atoms with Crippen LogP contribution in [0.2, 0.25) is 0 Å². The molecule has 0 saturated carbocycles. The second-order valence-corrected chi connectivity index (χ2v) is 9.85. The molecule has 6 rings (SSSR count). The molecule has 1 aliphatic rings. The van der Waals surface area contributed by atoms with Gasteiger partial charge in [-0.2, -0.15) is 0 Å². The first-order chi connectivity index (χ1) is 18.3. The predicted molar refractivity (Wildman–Crippen MR) is 144 cm³/mol. The molecule has 192 valence electrons. The Hall–Kier alpha value is -4.37. The molecule has 0 bridgehead atoms. The van der Waals surface area contributed by atoms with Gasteiger partial charge in [0.15, 0.2) is 11.5 Å². The monoisotopic (exact) mass is 510 g/mol. The Bertz CT molecular complexity index is 1690. The van der Waals surface area contributed by atoms with Gasteiger partial charge in [0.2, 0.25) is 0 Å². The van der Waals surface area contributed by atoms with Crippen LogP contribution in [-0.4, -0.2) is 55.5 Å². The van der Waals surface area contributed by atoms with Crippen LogP contribution in [0.1, 0.15) is 29.9 Å². The average Bonchev–Trinajstić information content (AvgIpc) is 3.34. The smallest absolute Gasteiger partial charge is 0.274 e. The van der Waals surface area contributed by atoms with E-state index in [1.54, 1.807) is 29.4 Å². The molecule has 2 N–H and O–H groups in total. The number of pyridine rings is 1. The van der Waals surface area contributed by atoms with Crippen LogP contribution >= 0.6 is 0 Å². The molecule has 2 aromatic carbocycles. The van der Waals surface area contributed by atoms with Gasteiger partial charge < -0.3 is 15.4 Å². The zero-order chi connectivity index (χ0) is 26.6. The summed E-state index contributed by atoms with van der Waals surface area (Å²) in [7, 11) is 0.